The molecule has 0 aromatic heterocycles. The Bertz CT molecular complexity index is 389. The molecule has 0 saturated heterocycles. The van der Waals surface area contributed by atoms with Crippen LogP contribution >= 0.6 is 0 Å². The molecule has 0 unspecified atom stereocenters. The summed E-state index contributed by atoms with van der Waals surface area (Å²) in [5.41, 5.74) is 1.90. The van der Waals surface area contributed by atoms with Crippen molar-refractivity contribution in [1.82, 2.24) is 0 Å². The van der Waals surface area contributed by atoms with E-state index in [-0.39, 0.29) is 5.71 Å². The topological polar surface area (TPSA) is 47.9 Å². The van der Waals surface area contributed by atoms with Gasteiger partial charge in [0.15, 0.2) is 5.71 Å². The standard InChI is InChI=1S/C12H15NO3/c1-9-7-5-4-6-8-10(9)11(13-16-3)12(14)15-2/h4-5,7-8H,6H2,1-3H3/b13-11+. The highest BCUT2D eigenvalue weighted by atomic mass is 16.6. The van der Waals surface area contributed by atoms with Crippen molar-refractivity contribution in [3.63, 3.8) is 0 Å². The molecule has 0 aromatic carbocycles. The average Bonchev–Trinajstić information content (AvgIpc) is 2.50. The van der Waals surface area contributed by atoms with Crippen molar-refractivity contribution >= 4 is 11.7 Å². The number of carbonyl (C=O) groups is 1. The first-order valence-electron chi connectivity index (χ1n) is 4.94. The largest absolute Gasteiger partial charge is 0.464 e. The molecule has 1 rings (SSSR count). The minimum Gasteiger partial charge on any atom is -0.464 e. The zero-order valence-corrected chi connectivity index (χ0v) is 9.69. The molecule has 0 fully saturated rings. The van der Waals surface area contributed by atoms with E-state index in [0.29, 0.717) is 0 Å². The van der Waals surface area contributed by atoms with Gasteiger partial charge in [0, 0.05) is 5.57 Å². The summed E-state index contributed by atoms with van der Waals surface area (Å²) in [6.45, 7) is 1.91. The fourth-order valence-electron chi connectivity index (χ4n) is 1.40. The number of allylic oxidation sites excluding steroid dienone is 5. The summed E-state index contributed by atoms with van der Waals surface area (Å²) < 4.78 is 4.67. The average molecular weight is 221 g/mol. The van der Waals surface area contributed by atoms with Crippen molar-refractivity contribution in [3.8, 4) is 0 Å². The van der Waals surface area contributed by atoms with Crippen LogP contribution in [0.25, 0.3) is 0 Å². The molecule has 0 bridgehead atoms. The lowest BCUT2D eigenvalue weighted by Crippen LogP contribution is -2.19. The minimum atomic E-state index is -0.497. The van der Waals surface area contributed by atoms with Gasteiger partial charge >= 0.3 is 5.97 Å². The van der Waals surface area contributed by atoms with Gasteiger partial charge in [-0.25, -0.2) is 4.79 Å². The van der Waals surface area contributed by atoms with E-state index in [0.717, 1.165) is 17.6 Å². The Morgan fingerprint density at radius 3 is 2.81 bits per heavy atom. The molecule has 0 atom stereocenters. The van der Waals surface area contributed by atoms with Gasteiger partial charge in [0.25, 0.3) is 0 Å². The third kappa shape index (κ3) is 2.82. The first-order chi connectivity index (χ1) is 7.70. The van der Waals surface area contributed by atoms with Gasteiger partial charge in [0.05, 0.1) is 7.11 Å². The summed E-state index contributed by atoms with van der Waals surface area (Å²) in [6.07, 6.45) is 8.54. The van der Waals surface area contributed by atoms with E-state index in [1.54, 1.807) is 0 Å². The van der Waals surface area contributed by atoms with Gasteiger partial charge in [-0.2, -0.15) is 0 Å². The van der Waals surface area contributed by atoms with Gasteiger partial charge in [-0.05, 0) is 18.9 Å². The van der Waals surface area contributed by atoms with E-state index in [2.05, 4.69) is 14.7 Å². The molecule has 0 amide bonds. The predicted octanol–water partition coefficient (Wildman–Crippen LogP) is 1.99. The molecule has 1 aliphatic rings. The summed E-state index contributed by atoms with van der Waals surface area (Å²) >= 11 is 0. The van der Waals surface area contributed by atoms with Crippen molar-refractivity contribution in [2.75, 3.05) is 14.2 Å². The quantitative estimate of drug-likeness (QED) is 0.416. The van der Waals surface area contributed by atoms with Gasteiger partial charge in [0.1, 0.15) is 7.11 Å². The highest BCUT2D eigenvalue weighted by molar-refractivity contribution is 6.44. The molecule has 16 heavy (non-hydrogen) atoms. The van der Waals surface area contributed by atoms with Gasteiger partial charge in [-0.1, -0.05) is 29.5 Å². The Labute approximate surface area is 94.9 Å². The maximum atomic E-state index is 11.5. The number of ether oxygens (including phenoxy) is 1. The molecule has 4 heteroatoms. The summed E-state index contributed by atoms with van der Waals surface area (Å²) in [7, 11) is 2.72. The first kappa shape index (κ1) is 12.2. The van der Waals surface area contributed by atoms with E-state index in [1.807, 2.05) is 31.2 Å². The van der Waals surface area contributed by atoms with E-state index < -0.39 is 5.97 Å². The highest BCUT2D eigenvalue weighted by Gasteiger charge is 2.19. The van der Waals surface area contributed by atoms with Crippen LogP contribution in [0.15, 0.2) is 40.6 Å². The molecule has 1 aliphatic carbocycles. The minimum absolute atomic E-state index is 0.197. The van der Waals surface area contributed by atoms with E-state index in [4.69, 9.17) is 0 Å². The third-order valence-corrected chi connectivity index (χ3v) is 2.18. The van der Waals surface area contributed by atoms with Crippen LogP contribution in [0.2, 0.25) is 0 Å². The zero-order chi connectivity index (χ0) is 12.0. The number of rotatable bonds is 3. The molecular weight excluding hydrogens is 206 g/mol. The van der Waals surface area contributed by atoms with Crippen LogP contribution in [0.1, 0.15) is 13.3 Å². The molecule has 0 saturated carbocycles. The molecule has 0 aromatic rings. The second-order valence-electron chi connectivity index (χ2n) is 3.25. The Morgan fingerprint density at radius 1 is 1.44 bits per heavy atom. The molecule has 4 nitrogen and oxygen atoms in total. The summed E-state index contributed by atoms with van der Waals surface area (Å²) in [5, 5.41) is 3.72. The van der Waals surface area contributed by atoms with Gasteiger partial charge in [0.2, 0.25) is 0 Å². The smallest absolute Gasteiger partial charge is 0.360 e. The number of hydrogen-bond acceptors (Lipinski definition) is 4. The second-order valence-corrected chi connectivity index (χ2v) is 3.25. The summed E-state index contributed by atoms with van der Waals surface area (Å²) in [4.78, 5) is 16.2. The first-order valence-corrected chi connectivity index (χ1v) is 4.94. The lowest BCUT2D eigenvalue weighted by molar-refractivity contribution is -0.132. The Morgan fingerprint density at radius 2 is 2.19 bits per heavy atom. The monoisotopic (exact) mass is 221 g/mol. The lowest BCUT2D eigenvalue weighted by Gasteiger charge is -2.08. The Hall–Kier alpha value is -1.84. The van der Waals surface area contributed by atoms with Crippen LogP contribution in [-0.4, -0.2) is 25.9 Å². The highest BCUT2D eigenvalue weighted by Crippen LogP contribution is 2.17. The number of oxime groups is 1. The van der Waals surface area contributed by atoms with Crippen molar-refractivity contribution in [1.29, 1.82) is 0 Å². The predicted molar refractivity (Wildman–Crippen MR) is 62.1 cm³/mol. The summed E-state index contributed by atoms with van der Waals surface area (Å²) in [5.74, 6) is -0.497. The third-order valence-electron chi connectivity index (χ3n) is 2.18. The van der Waals surface area contributed by atoms with Crippen LogP contribution in [0.4, 0.5) is 0 Å². The molecule has 0 aliphatic heterocycles. The molecule has 0 N–H and O–H groups in total. The molecule has 86 valence electrons. The number of methoxy groups -OCH3 is 1. The van der Waals surface area contributed by atoms with Crippen molar-refractivity contribution in [2.45, 2.75) is 13.3 Å². The molecule has 0 spiro atoms. The number of esters is 1. The van der Waals surface area contributed by atoms with Crippen molar-refractivity contribution in [3.05, 3.63) is 35.5 Å². The van der Waals surface area contributed by atoms with E-state index in [9.17, 15) is 4.79 Å². The van der Waals surface area contributed by atoms with Gasteiger partial charge in [-0.3, -0.25) is 0 Å². The lowest BCUT2D eigenvalue weighted by atomic mass is 10.0. The van der Waals surface area contributed by atoms with E-state index >= 15 is 0 Å². The summed E-state index contributed by atoms with van der Waals surface area (Å²) in [6, 6.07) is 0. The Balaban J connectivity index is 3.09. The molecular formula is C12H15NO3. The zero-order valence-electron chi connectivity index (χ0n) is 9.69. The van der Waals surface area contributed by atoms with Crippen molar-refractivity contribution < 1.29 is 14.4 Å². The van der Waals surface area contributed by atoms with E-state index in [1.165, 1.54) is 14.2 Å². The number of carbonyl (C=O) groups excluding carboxylic acids is 1. The maximum absolute atomic E-state index is 11.5. The Kier molecular flexibility index (Phi) is 4.51. The normalized spacial score (nSPS) is 16.1. The molecule has 0 radical (unpaired) electrons. The number of hydrogen-bond donors (Lipinski definition) is 0. The van der Waals surface area contributed by atoms with Crippen LogP contribution in [0.5, 0.6) is 0 Å². The molecule has 0 heterocycles. The number of nitrogens with zero attached hydrogens (tertiary/aromatic N) is 1. The van der Waals surface area contributed by atoms with Crippen LogP contribution in [-0.2, 0) is 14.4 Å². The van der Waals surface area contributed by atoms with Gasteiger partial charge in [-0.15, -0.1) is 0 Å². The second kappa shape index (κ2) is 5.90. The van der Waals surface area contributed by atoms with Crippen LogP contribution < -0.4 is 0 Å². The SMILES string of the molecule is CO/N=C(/C(=O)OC)C1=CCC=CC=C1C. The fourth-order valence-corrected chi connectivity index (χ4v) is 1.40. The van der Waals surface area contributed by atoms with Gasteiger partial charge < -0.3 is 9.57 Å². The maximum Gasteiger partial charge on any atom is 0.360 e. The van der Waals surface area contributed by atoms with Crippen molar-refractivity contribution in [2.24, 2.45) is 5.16 Å². The fraction of sp³-hybridized carbons (Fsp3) is 0.333. The van der Waals surface area contributed by atoms with Crippen LogP contribution in [0, 0.1) is 0 Å². The van der Waals surface area contributed by atoms with Crippen LogP contribution in [0.3, 0.4) is 0 Å².